The molecule has 0 fully saturated rings. The Labute approximate surface area is 128 Å². The van der Waals surface area contributed by atoms with Gasteiger partial charge in [0.05, 0.1) is 10.5 Å². The summed E-state index contributed by atoms with van der Waals surface area (Å²) < 4.78 is 67.0. The molecule has 0 amide bonds. The maximum absolute atomic E-state index is 12.8. The van der Waals surface area contributed by atoms with Gasteiger partial charge in [-0.05, 0) is 24.3 Å². The predicted molar refractivity (Wildman–Crippen MR) is 72.4 cm³/mol. The number of hydrogen-bond acceptors (Lipinski definition) is 5. The van der Waals surface area contributed by atoms with E-state index in [1.54, 1.807) is 0 Å². The number of alkyl halides is 3. The van der Waals surface area contributed by atoms with E-state index in [9.17, 15) is 31.7 Å². The molecule has 0 aromatic heterocycles. The first-order valence-electron chi connectivity index (χ1n) is 5.96. The fourth-order valence-corrected chi connectivity index (χ4v) is 2.62. The Morgan fingerprint density at radius 3 is 2.09 bits per heavy atom. The molecule has 0 aliphatic heterocycles. The highest BCUT2D eigenvalue weighted by Crippen LogP contribution is 2.37. The highest BCUT2D eigenvalue weighted by atomic mass is 32.2. The van der Waals surface area contributed by atoms with E-state index >= 15 is 0 Å². The first-order valence-corrected chi connectivity index (χ1v) is 7.37. The summed E-state index contributed by atoms with van der Waals surface area (Å²) in [6.07, 6.45) is -4.79. The minimum Gasteiger partial charge on any atom is -0.378 e. The van der Waals surface area contributed by atoms with Crippen LogP contribution >= 0.6 is 0 Å². The molecule has 2 aromatic carbocycles. The molecular formula is C13H8F3NO5S. The predicted octanol–water partition coefficient (Wildman–Crippen LogP) is 3.38. The van der Waals surface area contributed by atoms with Crippen LogP contribution in [-0.2, 0) is 16.3 Å². The van der Waals surface area contributed by atoms with Gasteiger partial charge in [0.15, 0.2) is 5.75 Å². The standard InChI is InChI=1S/C13H8F3NO5S/c14-13(15,16)11-3-1-2-4-12(11)22-23(20,21)10-7-5-9(6-8-10)17(18)19/h1-8H. The summed E-state index contributed by atoms with van der Waals surface area (Å²) in [5.41, 5.74) is -1.61. The largest absolute Gasteiger partial charge is 0.420 e. The molecule has 2 rings (SSSR count). The number of halogens is 3. The van der Waals surface area contributed by atoms with Crippen molar-refractivity contribution in [1.82, 2.24) is 0 Å². The van der Waals surface area contributed by atoms with Crippen molar-refractivity contribution in [2.75, 3.05) is 0 Å². The van der Waals surface area contributed by atoms with Gasteiger partial charge < -0.3 is 4.18 Å². The summed E-state index contributed by atoms with van der Waals surface area (Å²) in [6, 6.07) is 7.40. The number of nitro benzene ring substituents is 1. The maximum atomic E-state index is 12.8. The molecule has 2 aromatic rings. The lowest BCUT2D eigenvalue weighted by atomic mass is 10.2. The molecule has 0 atom stereocenters. The molecular weight excluding hydrogens is 339 g/mol. The van der Waals surface area contributed by atoms with Crippen LogP contribution in [0.2, 0.25) is 0 Å². The van der Waals surface area contributed by atoms with Gasteiger partial charge in [0.2, 0.25) is 0 Å². The van der Waals surface area contributed by atoms with E-state index in [1.165, 1.54) is 6.07 Å². The zero-order chi connectivity index (χ0) is 17.3. The molecule has 0 aliphatic carbocycles. The van der Waals surface area contributed by atoms with Crippen LogP contribution in [0.4, 0.5) is 18.9 Å². The third-order valence-electron chi connectivity index (χ3n) is 2.73. The Bertz CT molecular complexity index is 831. The topological polar surface area (TPSA) is 86.5 Å². The summed E-state index contributed by atoms with van der Waals surface area (Å²) >= 11 is 0. The molecule has 10 heteroatoms. The van der Waals surface area contributed by atoms with Crippen molar-refractivity contribution in [3.05, 3.63) is 64.2 Å². The van der Waals surface area contributed by atoms with Crippen molar-refractivity contribution in [3.63, 3.8) is 0 Å². The highest BCUT2D eigenvalue weighted by Gasteiger charge is 2.35. The monoisotopic (exact) mass is 347 g/mol. The molecule has 6 nitrogen and oxygen atoms in total. The van der Waals surface area contributed by atoms with Crippen LogP contribution in [0, 0.1) is 10.1 Å². The SMILES string of the molecule is O=[N+]([O-])c1ccc(S(=O)(=O)Oc2ccccc2C(F)(F)F)cc1. The number of para-hydroxylation sites is 1. The molecule has 122 valence electrons. The number of benzene rings is 2. The normalized spacial score (nSPS) is 12.0. The van der Waals surface area contributed by atoms with E-state index < -0.39 is 37.4 Å². The van der Waals surface area contributed by atoms with Gasteiger partial charge >= 0.3 is 16.3 Å². The molecule has 0 spiro atoms. The van der Waals surface area contributed by atoms with Crippen molar-refractivity contribution >= 4 is 15.8 Å². The average Bonchev–Trinajstić information content (AvgIpc) is 2.46. The number of nitrogens with zero attached hydrogens (tertiary/aromatic N) is 1. The van der Waals surface area contributed by atoms with Crippen molar-refractivity contribution in [1.29, 1.82) is 0 Å². The van der Waals surface area contributed by atoms with Gasteiger partial charge in [-0.15, -0.1) is 0 Å². The van der Waals surface area contributed by atoms with E-state index in [0.717, 1.165) is 36.4 Å². The van der Waals surface area contributed by atoms with Crippen LogP contribution in [0.3, 0.4) is 0 Å². The van der Waals surface area contributed by atoms with Crippen molar-refractivity contribution in [2.45, 2.75) is 11.1 Å². The van der Waals surface area contributed by atoms with Crippen molar-refractivity contribution in [2.24, 2.45) is 0 Å². The van der Waals surface area contributed by atoms with Gasteiger partial charge in [-0.1, -0.05) is 12.1 Å². The maximum Gasteiger partial charge on any atom is 0.420 e. The second-order valence-electron chi connectivity index (χ2n) is 4.28. The highest BCUT2D eigenvalue weighted by molar-refractivity contribution is 7.87. The van der Waals surface area contributed by atoms with Crippen LogP contribution in [0.1, 0.15) is 5.56 Å². The van der Waals surface area contributed by atoms with Crippen LogP contribution < -0.4 is 4.18 Å². The first kappa shape index (κ1) is 16.7. The third kappa shape index (κ3) is 3.77. The van der Waals surface area contributed by atoms with Crippen LogP contribution in [0.5, 0.6) is 5.75 Å². The lowest BCUT2D eigenvalue weighted by Gasteiger charge is -2.13. The number of hydrogen-bond donors (Lipinski definition) is 0. The average molecular weight is 347 g/mol. The van der Waals surface area contributed by atoms with E-state index in [1.807, 2.05) is 0 Å². The third-order valence-corrected chi connectivity index (χ3v) is 3.98. The fourth-order valence-electron chi connectivity index (χ4n) is 1.67. The van der Waals surface area contributed by atoms with Gasteiger partial charge in [-0.2, -0.15) is 21.6 Å². The Morgan fingerprint density at radius 1 is 1.00 bits per heavy atom. The Balaban J connectivity index is 2.38. The first-order chi connectivity index (χ1) is 10.6. The molecule has 0 radical (unpaired) electrons. The van der Waals surface area contributed by atoms with E-state index in [4.69, 9.17) is 0 Å². The molecule has 0 saturated carbocycles. The zero-order valence-corrected chi connectivity index (χ0v) is 12.0. The zero-order valence-electron chi connectivity index (χ0n) is 11.1. The molecule has 0 bridgehead atoms. The van der Waals surface area contributed by atoms with E-state index in [0.29, 0.717) is 6.07 Å². The summed E-state index contributed by atoms with van der Waals surface area (Å²) in [7, 11) is -4.56. The van der Waals surface area contributed by atoms with Gasteiger partial charge in [-0.25, -0.2) is 0 Å². The Morgan fingerprint density at radius 2 is 1.57 bits per heavy atom. The minimum atomic E-state index is -4.79. The van der Waals surface area contributed by atoms with Crippen LogP contribution in [0.15, 0.2) is 53.4 Å². The lowest BCUT2D eigenvalue weighted by molar-refractivity contribution is -0.384. The summed E-state index contributed by atoms with van der Waals surface area (Å²) in [5.74, 6) is -0.877. The second-order valence-corrected chi connectivity index (χ2v) is 5.83. The quantitative estimate of drug-likeness (QED) is 0.481. The summed E-state index contributed by atoms with van der Waals surface area (Å²) in [6.45, 7) is 0. The molecule has 0 heterocycles. The minimum absolute atomic E-state index is 0.361. The molecule has 23 heavy (non-hydrogen) atoms. The number of non-ortho nitro benzene ring substituents is 1. The van der Waals surface area contributed by atoms with Gasteiger partial charge in [0.1, 0.15) is 4.90 Å². The van der Waals surface area contributed by atoms with E-state index in [2.05, 4.69) is 4.18 Å². The van der Waals surface area contributed by atoms with Crippen molar-refractivity contribution < 1.29 is 30.7 Å². The molecule has 0 unspecified atom stereocenters. The molecule has 0 N–H and O–H groups in total. The molecule has 0 saturated heterocycles. The Kier molecular flexibility index (Phi) is 4.28. The summed E-state index contributed by atoms with van der Waals surface area (Å²) in [5, 5.41) is 10.5. The smallest absolute Gasteiger partial charge is 0.378 e. The van der Waals surface area contributed by atoms with Gasteiger partial charge in [0, 0.05) is 12.1 Å². The second kappa shape index (κ2) is 5.88. The van der Waals surface area contributed by atoms with Crippen LogP contribution in [-0.4, -0.2) is 13.3 Å². The lowest BCUT2D eigenvalue weighted by Crippen LogP contribution is -2.14. The van der Waals surface area contributed by atoms with Gasteiger partial charge in [0.25, 0.3) is 5.69 Å². The Hall–Kier alpha value is -2.62. The number of nitro groups is 1. The van der Waals surface area contributed by atoms with Crippen molar-refractivity contribution in [3.8, 4) is 5.75 Å². The van der Waals surface area contributed by atoms with E-state index in [-0.39, 0.29) is 5.69 Å². The molecule has 0 aliphatic rings. The summed E-state index contributed by atoms with van der Waals surface area (Å²) in [4.78, 5) is 9.27. The number of rotatable bonds is 4. The fraction of sp³-hybridized carbons (Fsp3) is 0.0769. The van der Waals surface area contributed by atoms with Gasteiger partial charge in [-0.3, -0.25) is 10.1 Å². The van der Waals surface area contributed by atoms with Crippen LogP contribution in [0.25, 0.3) is 0 Å².